The number of carbonyl (C=O) groups is 2. The van der Waals surface area contributed by atoms with Crippen LogP contribution in [0.4, 0.5) is 0 Å². The maximum atomic E-state index is 12.7. The molecule has 0 aromatic rings. The van der Waals surface area contributed by atoms with Gasteiger partial charge in [0.2, 0.25) is 0 Å². The first kappa shape index (κ1) is 17.3. The average Bonchev–Trinajstić information content (AvgIpc) is 3.10. The third-order valence-corrected chi connectivity index (χ3v) is 10.6. The van der Waals surface area contributed by atoms with E-state index in [1.54, 1.807) is 6.92 Å². The summed E-state index contributed by atoms with van der Waals surface area (Å²) in [6.07, 6.45) is 11.2. The van der Waals surface area contributed by atoms with Crippen molar-refractivity contribution in [2.75, 3.05) is 0 Å². The highest BCUT2D eigenvalue weighted by atomic mass is 16.6. The van der Waals surface area contributed by atoms with Crippen LogP contribution >= 0.6 is 0 Å². The van der Waals surface area contributed by atoms with E-state index in [2.05, 4.69) is 13.8 Å². The molecule has 0 aromatic carbocycles. The van der Waals surface area contributed by atoms with Gasteiger partial charge < -0.3 is 4.74 Å². The van der Waals surface area contributed by atoms with Gasteiger partial charge in [0, 0.05) is 12.3 Å². The largest absolute Gasteiger partial charge is 0.451 e. The molecule has 5 aliphatic rings. The number of hydrogen-bond acceptors (Lipinski definition) is 3. The first-order chi connectivity index (χ1) is 12.2. The lowest BCUT2D eigenvalue weighted by molar-refractivity contribution is -0.190. The van der Waals surface area contributed by atoms with Crippen LogP contribution in [0, 0.1) is 39.9 Å². The van der Waals surface area contributed by atoms with Crippen LogP contribution in [0.3, 0.4) is 0 Å². The van der Waals surface area contributed by atoms with E-state index in [4.69, 9.17) is 4.74 Å². The van der Waals surface area contributed by atoms with Crippen LogP contribution in [0.15, 0.2) is 0 Å². The summed E-state index contributed by atoms with van der Waals surface area (Å²) < 4.78 is 5.86. The Morgan fingerprint density at radius 3 is 2.15 bits per heavy atom. The van der Waals surface area contributed by atoms with Crippen molar-refractivity contribution in [1.29, 1.82) is 0 Å². The number of Topliss-reactive ketones (excluding diaryl/α,β-unsaturated/α-hetero) is 1. The Kier molecular flexibility index (Phi) is 3.28. The summed E-state index contributed by atoms with van der Waals surface area (Å²) in [6, 6.07) is 0. The molecule has 0 heterocycles. The lowest BCUT2D eigenvalue weighted by Gasteiger charge is -2.59. The van der Waals surface area contributed by atoms with E-state index < -0.39 is 5.60 Å². The van der Waals surface area contributed by atoms with E-state index in [1.807, 2.05) is 0 Å². The molecular formula is C23H34O3. The van der Waals surface area contributed by atoms with Gasteiger partial charge in [-0.15, -0.1) is 0 Å². The summed E-state index contributed by atoms with van der Waals surface area (Å²) in [5.41, 5.74) is 0.162. The number of ketones is 1. The lowest BCUT2D eigenvalue weighted by Crippen LogP contribution is -2.59. The van der Waals surface area contributed by atoms with Crippen LogP contribution in [-0.2, 0) is 14.3 Å². The zero-order chi connectivity index (χ0) is 18.5. The van der Waals surface area contributed by atoms with Crippen LogP contribution in [0.1, 0.15) is 85.5 Å². The van der Waals surface area contributed by atoms with Gasteiger partial charge in [-0.2, -0.15) is 0 Å². The molecule has 3 heteroatoms. The fourth-order valence-electron chi connectivity index (χ4n) is 9.29. The van der Waals surface area contributed by atoms with Crippen LogP contribution in [-0.4, -0.2) is 17.4 Å². The molecule has 5 saturated carbocycles. The SMILES string of the molecule is CC(=O)O[C@]1(C(C)=O)CC[C@H]2[C@@H]3CC[C@@]45C[C@H]4CC[C@]5(C)[C@H]3CC[C@@]21C. The molecule has 0 unspecified atom stereocenters. The predicted molar refractivity (Wildman–Crippen MR) is 99.3 cm³/mol. The Hall–Kier alpha value is -0.860. The molecule has 0 aliphatic heterocycles. The number of carbonyl (C=O) groups excluding carboxylic acids is 2. The van der Waals surface area contributed by atoms with Gasteiger partial charge in [-0.3, -0.25) is 9.59 Å². The standard InChI is InChI=1S/C23H34O3/c1-14(24)23(26-15(2)25)12-8-19-17-6-11-22-13-16(22)5-9-20(22,3)18(17)7-10-21(19,23)4/h16-19H,5-13H2,1-4H3/t16-,17-,18+,19+,20-,21+,22-,23+/m1/s1. The van der Waals surface area contributed by atoms with Gasteiger partial charge in [-0.25, -0.2) is 0 Å². The molecule has 5 aliphatic carbocycles. The van der Waals surface area contributed by atoms with Gasteiger partial charge in [0.15, 0.2) is 11.4 Å². The maximum Gasteiger partial charge on any atom is 0.303 e. The van der Waals surface area contributed by atoms with Crippen LogP contribution in [0.25, 0.3) is 0 Å². The maximum absolute atomic E-state index is 12.7. The minimum atomic E-state index is -0.873. The minimum absolute atomic E-state index is 0.0674. The number of esters is 1. The second-order valence-corrected chi connectivity index (χ2v) is 10.9. The zero-order valence-corrected chi connectivity index (χ0v) is 16.9. The van der Waals surface area contributed by atoms with Crippen molar-refractivity contribution in [2.45, 2.75) is 91.1 Å². The third kappa shape index (κ3) is 1.72. The van der Waals surface area contributed by atoms with Crippen molar-refractivity contribution in [1.82, 2.24) is 0 Å². The molecule has 8 atom stereocenters. The van der Waals surface area contributed by atoms with Crippen molar-refractivity contribution in [3.05, 3.63) is 0 Å². The van der Waals surface area contributed by atoms with E-state index in [0.29, 0.717) is 16.7 Å². The first-order valence-electron chi connectivity index (χ1n) is 10.9. The summed E-state index contributed by atoms with van der Waals surface area (Å²) in [5, 5.41) is 0. The van der Waals surface area contributed by atoms with E-state index in [0.717, 1.165) is 37.0 Å². The van der Waals surface area contributed by atoms with E-state index in [1.165, 1.54) is 45.4 Å². The Morgan fingerprint density at radius 1 is 0.846 bits per heavy atom. The van der Waals surface area contributed by atoms with Gasteiger partial charge in [-0.05, 0) is 99.2 Å². The quantitative estimate of drug-likeness (QED) is 0.658. The van der Waals surface area contributed by atoms with Crippen LogP contribution in [0.2, 0.25) is 0 Å². The average molecular weight is 359 g/mol. The fraction of sp³-hybridized carbons (Fsp3) is 0.913. The van der Waals surface area contributed by atoms with Crippen molar-refractivity contribution >= 4 is 11.8 Å². The van der Waals surface area contributed by atoms with E-state index >= 15 is 0 Å². The normalized spacial score (nSPS) is 56.8. The Labute approximate surface area is 157 Å². The molecule has 1 spiro atoms. The molecule has 0 aromatic heterocycles. The Bertz CT molecular complexity index is 685. The van der Waals surface area contributed by atoms with Gasteiger partial charge in [0.25, 0.3) is 0 Å². The van der Waals surface area contributed by atoms with Gasteiger partial charge >= 0.3 is 5.97 Å². The van der Waals surface area contributed by atoms with Crippen molar-refractivity contribution in [3.63, 3.8) is 0 Å². The van der Waals surface area contributed by atoms with Crippen molar-refractivity contribution < 1.29 is 14.3 Å². The second-order valence-electron chi connectivity index (χ2n) is 10.9. The highest BCUT2D eigenvalue weighted by Gasteiger charge is 2.75. The molecule has 0 saturated heterocycles. The fourth-order valence-corrected chi connectivity index (χ4v) is 9.29. The summed E-state index contributed by atoms with van der Waals surface area (Å²) in [5.74, 6) is 2.87. The van der Waals surface area contributed by atoms with Gasteiger partial charge in [0.05, 0.1) is 0 Å². The molecule has 26 heavy (non-hydrogen) atoms. The first-order valence-corrected chi connectivity index (χ1v) is 10.9. The smallest absolute Gasteiger partial charge is 0.303 e. The summed E-state index contributed by atoms with van der Waals surface area (Å²) >= 11 is 0. The second kappa shape index (κ2) is 4.94. The predicted octanol–water partition coefficient (Wildman–Crippen LogP) is 4.92. The van der Waals surface area contributed by atoms with Gasteiger partial charge in [-0.1, -0.05) is 13.8 Å². The molecule has 5 fully saturated rings. The summed E-state index contributed by atoms with van der Waals surface area (Å²) in [7, 11) is 0. The van der Waals surface area contributed by atoms with Crippen molar-refractivity contribution in [2.24, 2.45) is 39.9 Å². The van der Waals surface area contributed by atoms with Crippen molar-refractivity contribution in [3.8, 4) is 0 Å². The van der Waals surface area contributed by atoms with E-state index in [-0.39, 0.29) is 17.2 Å². The molecule has 144 valence electrons. The molecular weight excluding hydrogens is 324 g/mol. The number of fused-ring (bicyclic) bond motifs is 4. The summed E-state index contributed by atoms with van der Waals surface area (Å²) in [4.78, 5) is 24.6. The number of rotatable bonds is 2. The topological polar surface area (TPSA) is 43.4 Å². The molecule has 0 radical (unpaired) electrons. The molecule has 3 nitrogen and oxygen atoms in total. The number of ether oxygens (including phenoxy) is 1. The molecule has 0 N–H and O–H groups in total. The highest BCUT2D eigenvalue weighted by Crippen LogP contribution is 2.82. The van der Waals surface area contributed by atoms with Crippen LogP contribution in [0.5, 0.6) is 0 Å². The van der Waals surface area contributed by atoms with Gasteiger partial charge in [0.1, 0.15) is 0 Å². The minimum Gasteiger partial charge on any atom is -0.451 e. The third-order valence-electron chi connectivity index (χ3n) is 10.6. The monoisotopic (exact) mass is 358 g/mol. The Balaban J connectivity index is 1.51. The van der Waals surface area contributed by atoms with Crippen LogP contribution < -0.4 is 0 Å². The lowest BCUT2D eigenvalue weighted by atomic mass is 9.45. The highest BCUT2D eigenvalue weighted by molar-refractivity contribution is 5.89. The van der Waals surface area contributed by atoms with E-state index in [9.17, 15) is 9.59 Å². The molecule has 0 bridgehead atoms. The number of hydrogen-bond donors (Lipinski definition) is 0. The summed E-state index contributed by atoms with van der Waals surface area (Å²) in [6.45, 7) is 7.99. The molecule has 5 rings (SSSR count). The Morgan fingerprint density at radius 2 is 1.50 bits per heavy atom. The zero-order valence-electron chi connectivity index (χ0n) is 16.9. The molecule has 0 amide bonds.